The van der Waals surface area contributed by atoms with Gasteiger partial charge in [-0.1, -0.05) is 22.9 Å². The van der Waals surface area contributed by atoms with E-state index in [0.29, 0.717) is 15.1 Å². The molecular formula is C20H22ClN5O2S. The molecule has 152 valence electrons. The van der Waals surface area contributed by atoms with Crippen molar-refractivity contribution in [3.63, 3.8) is 0 Å². The third kappa shape index (κ3) is 4.77. The summed E-state index contributed by atoms with van der Waals surface area (Å²) >= 11 is 7.16. The van der Waals surface area contributed by atoms with Crippen LogP contribution in [0.3, 0.4) is 0 Å². The summed E-state index contributed by atoms with van der Waals surface area (Å²) in [5.41, 5.74) is 2.45. The Labute approximate surface area is 178 Å². The van der Waals surface area contributed by atoms with Crippen molar-refractivity contribution >= 4 is 51.4 Å². The standard InChI is InChI=1S/C20H22ClN5O2S/c1-13-15-11-14(23-18(27)12-28-19-6-5-17(21)29-19)3-4-16(15)24-20(22-13)26-9-7-25(2)8-10-26/h3-6,11H,7-10,12H2,1-2H3,(H,23,27). The van der Waals surface area contributed by atoms with Gasteiger partial charge in [0.05, 0.1) is 15.5 Å². The van der Waals surface area contributed by atoms with Gasteiger partial charge in [0.2, 0.25) is 5.95 Å². The molecule has 7 nitrogen and oxygen atoms in total. The maximum atomic E-state index is 12.2. The summed E-state index contributed by atoms with van der Waals surface area (Å²) in [5, 5.41) is 4.40. The monoisotopic (exact) mass is 431 g/mol. The van der Waals surface area contributed by atoms with Gasteiger partial charge in [-0.05, 0) is 44.3 Å². The van der Waals surface area contributed by atoms with Crippen LogP contribution in [0.15, 0.2) is 30.3 Å². The average Bonchev–Trinajstić information content (AvgIpc) is 3.12. The molecular weight excluding hydrogens is 410 g/mol. The molecule has 1 aromatic carbocycles. The first-order valence-corrected chi connectivity index (χ1v) is 10.6. The Morgan fingerprint density at radius 2 is 2.00 bits per heavy atom. The van der Waals surface area contributed by atoms with E-state index in [1.54, 1.807) is 12.1 Å². The Morgan fingerprint density at radius 3 is 2.72 bits per heavy atom. The Bertz CT molecular complexity index is 1030. The Morgan fingerprint density at radius 1 is 1.21 bits per heavy atom. The maximum absolute atomic E-state index is 12.2. The number of carbonyl (C=O) groups excluding carboxylic acids is 1. The van der Waals surface area contributed by atoms with Gasteiger partial charge in [-0.15, -0.1) is 0 Å². The van der Waals surface area contributed by atoms with Crippen molar-refractivity contribution in [1.29, 1.82) is 0 Å². The lowest BCUT2D eigenvalue weighted by atomic mass is 10.1. The van der Waals surface area contributed by atoms with Gasteiger partial charge in [0.15, 0.2) is 11.7 Å². The third-order valence-corrected chi connectivity index (χ3v) is 5.98. The normalized spacial score (nSPS) is 14.9. The number of nitrogens with one attached hydrogen (secondary N) is 1. The van der Waals surface area contributed by atoms with Gasteiger partial charge in [0.1, 0.15) is 0 Å². The highest BCUT2D eigenvalue weighted by Gasteiger charge is 2.18. The minimum absolute atomic E-state index is 0.0767. The number of halogens is 1. The molecule has 0 radical (unpaired) electrons. The molecule has 1 amide bonds. The predicted molar refractivity (Wildman–Crippen MR) is 117 cm³/mol. The molecule has 3 heterocycles. The van der Waals surface area contributed by atoms with Crippen LogP contribution in [-0.4, -0.2) is 60.6 Å². The van der Waals surface area contributed by atoms with E-state index >= 15 is 0 Å². The molecule has 1 aliphatic heterocycles. The summed E-state index contributed by atoms with van der Waals surface area (Å²) in [7, 11) is 2.13. The van der Waals surface area contributed by atoms with Crippen molar-refractivity contribution in [2.75, 3.05) is 50.1 Å². The van der Waals surface area contributed by atoms with Crippen molar-refractivity contribution in [3.8, 4) is 5.06 Å². The SMILES string of the molecule is Cc1nc(N2CCN(C)CC2)nc2ccc(NC(=O)COc3ccc(Cl)s3)cc12. The molecule has 0 atom stereocenters. The topological polar surface area (TPSA) is 70.6 Å². The fourth-order valence-corrected chi connectivity index (χ4v) is 4.07. The van der Waals surface area contributed by atoms with Crippen LogP contribution >= 0.6 is 22.9 Å². The molecule has 0 bridgehead atoms. The molecule has 0 saturated carbocycles. The number of benzene rings is 1. The first-order valence-electron chi connectivity index (χ1n) is 9.38. The van der Waals surface area contributed by atoms with Crippen LogP contribution in [0.25, 0.3) is 10.9 Å². The Kier molecular flexibility index (Phi) is 5.84. The fourth-order valence-electron chi connectivity index (χ4n) is 3.20. The Hall–Kier alpha value is -2.42. The molecule has 1 aliphatic rings. The largest absolute Gasteiger partial charge is 0.474 e. The van der Waals surface area contributed by atoms with Gasteiger partial charge in [0.25, 0.3) is 5.91 Å². The minimum Gasteiger partial charge on any atom is -0.474 e. The number of hydrogen-bond acceptors (Lipinski definition) is 7. The Balaban J connectivity index is 1.45. The number of aromatic nitrogens is 2. The molecule has 1 N–H and O–H groups in total. The van der Waals surface area contributed by atoms with Crippen molar-refractivity contribution in [1.82, 2.24) is 14.9 Å². The van der Waals surface area contributed by atoms with E-state index in [9.17, 15) is 4.79 Å². The lowest BCUT2D eigenvalue weighted by Crippen LogP contribution is -2.45. The average molecular weight is 432 g/mol. The lowest BCUT2D eigenvalue weighted by molar-refractivity contribution is -0.118. The quantitative estimate of drug-likeness (QED) is 0.667. The van der Waals surface area contributed by atoms with E-state index in [2.05, 4.69) is 22.2 Å². The molecule has 4 rings (SSSR count). The number of piperazine rings is 1. The molecule has 2 aromatic heterocycles. The highest BCUT2D eigenvalue weighted by Crippen LogP contribution is 2.28. The lowest BCUT2D eigenvalue weighted by Gasteiger charge is -2.32. The third-order valence-electron chi connectivity index (χ3n) is 4.84. The van der Waals surface area contributed by atoms with E-state index < -0.39 is 0 Å². The summed E-state index contributed by atoms with van der Waals surface area (Å²) < 4.78 is 6.08. The summed E-state index contributed by atoms with van der Waals surface area (Å²) in [4.78, 5) is 26.1. The van der Waals surface area contributed by atoms with E-state index in [-0.39, 0.29) is 12.5 Å². The van der Waals surface area contributed by atoms with Crippen molar-refractivity contribution in [3.05, 3.63) is 40.4 Å². The zero-order chi connectivity index (χ0) is 20.4. The number of fused-ring (bicyclic) bond motifs is 1. The number of thiophene rings is 1. The van der Waals surface area contributed by atoms with E-state index in [1.807, 2.05) is 25.1 Å². The first kappa shape index (κ1) is 19.9. The second-order valence-corrected chi connectivity index (χ2v) is 8.70. The summed E-state index contributed by atoms with van der Waals surface area (Å²) in [6.45, 7) is 5.75. The number of rotatable bonds is 5. The number of carbonyl (C=O) groups is 1. The predicted octanol–water partition coefficient (Wildman–Crippen LogP) is 3.42. The molecule has 9 heteroatoms. The van der Waals surface area contributed by atoms with Crippen LogP contribution in [0.1, 0.15) is 5.69 Å². The number of hydrogen-bond donors (Lipinski definition) is 1. The number of ether oxygens (including phenoxy) is 1. The van der Waals surface area contributed by atoms with E-state index in [0.717, 1.165) is 48.7 Å². The van der Waals surface area contributed by atoms with Crippen LogP contribution in [0, 0.1) is 6.92 Å². The van der Waals surface area contributed by atoms with E-state index in [4.69, 9.17) is 26.3 Å². The molecule has 0 unspecified atom stereocenters. The number of likely N-dealkylation sites (N-methyl/N-ethyl adjacent to an activating group) is 1. The smallest absolute Gasteiger partial charge is 0.262 e. The molecule has 1 fully saturated rings. The van der Waals surface area contributed by atoms with Crippen LogP contribution in [0.5, 0.6) is 5.06 Å². The van der Waals surface area contributed by atoms with E-state index in [1.165, 1.54) is 11.3 Å². The summed E-state index contributed by atoms with van der Waals surface area (Å²) in [6, 6.07) is 9.15. The van der Waals surface area contributed by atoms with Gasteiger partial charge in [-0.2, -0.15) is 0 Å². The molecule has 1 saturated heterocycles. The number of aryl methyl sites for hydroxylation is 1. The number of amides is 1. The summed E-state index contributed by atoms with van der Waals surface area (Å²) in [6.07, 6.45) is 0. The second-order valence-electron chi connectivity index (χ2n) is 7.03. The zero-order valence-electron chi connectivity index (χ0n) is 16.3. The second kappa shape index (κ2) is 8.52. The zero-order valence-corrected chi connectivity index (χ0v) is 17.9. The van der Waals surface area contributed by atoms with Crippen LogP contribution in [0.4, 0.5) is 11.6 Å². The number of nitrogens with zero attached hydrogens (tertiary/aromatic N) is 4. The van der Waals surface area contributed by atoms with Gasteiger partial charge in [-0.25, -0.2) is 9.97 Å². The molecule has 3 aromatic rings. The fraction of sp³-hybridized carbons (Fsp3) is 0.350. The summed E-state index contributed by atoms with van der Waals surface area (Å²) in [5.74, 6) is 0.532. The molecule has 0 aliphatic carbocycles. The van der Waals surface area contributed by atoms with Gasteiger partial charge < -0.3 is 19.9 Å². The van der Waals surface area contributed by atoms with Crippen molar-refractivity contribution in [2.24, 2.45) is 0 Å². The van der Waals surface area contributed by atoms with Crippen molar-refractivity contribution in [2.45, 2.75) is 6.92 Å². The van der Waals surface area contributed by atoms with Crippen LogP contribution in [0.2, 0.25) is 4.34 Å². The highest BCUT2D eigenvalue weighted by atomic mass is 35.5. The van der Waals surface area contributed by atoms with Crippen LogP contribution < -0.4 is 15.0 Å². The molecule has 0 spiro atoms. The van der Waals surface area contributed by atoms with Gasteiger partial charge in [0, 0.05) is 37.3 Å². The molecule has 29 heavy (non-hydrogen) atoms. The maximum Gasteiger partial charge on any atom is 0.262 e. The van der Waals surface area contributed by atoms with Crippen molar-refractivity contribution < 1.29 is 9.53 Å². The first-order chi connectivity index (χ1) is 14.0. The number of anilines is 2. The highest BCUT2D eigenvalue weighted by molar-refractivity contribution is 7.17. The minimum atomic E-state index is -0.235. The van der Waals surface area contributed by atoms with Gasteiger partial charge >= 0.3 is 0 Å². The van der Waals surface area contributed by atoms with Crippen LogP contribution in [-0.2, 0) is 4.79 Å². The van der Waals surface area contributed by atoms with Gasteiger partial charge in [-0.3, -0.25) is 4.79 Å².